The molecule has 0 aromatic carbocycles. The molecule has 0 bridgehead atoms. The highest BCUT2D eigenvalue weighted by Gasteiger charge is 2.30. The fourth-order valence-electron chi connectivity index (χ4n) is 5.50. The molecule has 0 spiro atoms. The van der Waals surface area contributed by atoms with E-state index in [1.807, 2.05) is 0 Å². The lowest BCUT2D eigenvalue weighted by Gasteiger charge is -2.31. The second-order valence-electron chi connectivity index (χ2n) is 10.6. The Bertz CT molecular complexity index is 571. The van der Waals surface area contributed by atoms with E-state index in [1.54, 1.807) is 0 Å². The number of esters is 2. The van der Waals surface area contributed by atoms with Crippen LogP contribution in [0.3, 0.4) is 0 Å². The second kappa shape index (κ2) is 16.3. The third-order valence-corrected chi connectivity index (χ3v) is 7.64. The van der Waals surface area contributed by atoms with E-state index in [-0.39, 0.29) is 30.2 Å². The van der Waals surface area contributed by atoms with Crippen molar-refractivity contribution in [1.29, 1.82) is 0 Å². The maximum Gasteiger partial charge on any atom is 0.313 e. The topological polar surface area (TPSA) is 69.7 Å². The first-order valence-electron chi connectivity index (χ1n) is 13.8. The molecule has 0 unspecified atom stereocenters. The van der Waals surface area contributed by atoms with Gasteiger partial charge in [-0.3, -0.25) is 14.4 Å². The lowest BCUT2D eigenvalue weighted by Crippen LogP contribution is -2.30. The van der Waals surface area contributed by atoms with Crippen LogP contribution in [-0.4, -0.2) is 30.4 Å². The van der Waals surface area contributed by atoms with Crippen molar-refractivity contribution in [3.63, 3.8) is 0 Å². The quantitative estimate of drug-likeness (QED) is 0.149. The van der Waals surface area contributed by atoms with Crippen molar-refractivity contribution in [2.45, 2.75) is 136 Å². The number of ketones is 1. The van der Waals surface area contributed by atoms with Gasteiger partial charge in [0.1, 0.15) is 18.3 Å². The molecule has 2 aliphatic carbocycles. The summed E-state index contributed by atoms with van der Waals surface area (Å²) in [7, 11) is 0. The Kier molecular flexibility index (Phi) is 13.7. The predicted octanol–water partition coefficient (Wildman–Crippen LogP) is 6.95. The van der Waals surface area contributed by atoms with Crippen molar-refractivity contribution in [2.75, 3.05) is 6.61 Å². The first-order valence-corrected chi connectivity index (χ1v) is 13.8. The molecule has 0 saturated heterocycles. The summed E-state index contributed by atoms with van der Waals surface area (Å²) < 4.78 is 11.0. The molecule has 0 aliphatic heterocycles. The summed E-state index contributed by atoms with van der Waals surface area (Å²) in [6, 6.07) is 0. The molecule has 0 atom stereocenters. The van der Waals surface area contributed by atoms with Gasteiger partial charge in [-0.2, -0.15) is 0 Å². The first-order chi connectivity index (χ1) is 16.0. The van der Waals surface area contributed by atoms with Gasteiger partial charge < -0.3 is 9.47 Å². The van der Waals surface area contributed by atoms with Crippen LogP contribution in [0.4, 0.5) is 0 Å². The number of hydrogen-bond donors (Lipinski definition) is 0. The van der Waals surface area contributed by atoms with Crippen LogP contribution in [0.2, 0.25) is 0 Å². The summed E-state index contributed by atoms with van der Waals surface area (Å²) in [5, 5.41) is 0. The zero-order valence-corrected chi connectivity index (χ0v) is 21.3. The Labute approximate surface area is 201 Å². The standard InChI is InChI=1S/C28H48O5/c1-3-4-7-10-24-14-18-26(19-15-24)33-28(31)25-16-12-23(13-17-25)11-8-5-6-9-20-32-27(30)21-22(2)29/h23-26H,3-21H2,1-2H3. The van der Waals surface area contributed by atoms with Gasteiger partial charge in [0.25, 0.3) is 0 Å². The number of carbonyl (C=O) groups is 3. The monoisotopic (exact) mass is 464 g/mol. The number of ether oxygens (including phenoxy) is 2. The van der Waals surface area contributed by atoms with E-state index in [4.69, 9.17) is 9.47 Å². The second-order valence-corrected chi connectivity index (χ2v) is 10.6. The van der Waals surface area contributed by atoms with Crippen molar-refractivity contribution in [3.8, 4) is 0 Å². The zero-order chi connectivity index (χ0) is 23.9. The third kappa shape index (κ3) is 12.0. The largest absolute Gasteiger partial charge is 0.465 e. The molecule has 2 aliphatic rings. The van der Waals surface area contributed by atoms with Gasteiger partial charge >= 0.3 is 11.9 Å². The Morgan fingerprint density at radius 1 is 0.727 bits per heavy atom. The number of rotatable bonds is 15. The highest BCUT2D eigenvalue weighted by molar-refractivity contribution is 5.94. The molecule has 0 N–H and O–H groups in total. The van der Waals surface area contributed by atoms with Crippen molar-refractivity contribution < 1.29 is 23.9 Å². The van der Waals surface area contributed by atoms with Gasteiger partial charge in [0.15, 0.2) is 0 Å². The molecule has 2 rings (SSSR count). The minimum atomic E-state index is -0.409. The number of carbonyl (C=O) groups excluding carboxylic acids is 3. The minimum Gasteiger partial charge on any atom is -0.465 e. The first kappa shape index (κ1) is 27.9. The van der Waals surface area contributed by atoms with Gasteiger partial charge in [-0.25, -0.2) is 0 Å². The number of unbranched alkanes of at least 4 members (excludes halogenated alkanes) is 5. The molecular formula is C28H48O5. The fourth-order valence-corrected chi connectivity index (χ4v) is 5.50. The Balaban J connectivity index is 1.47. The molecule has 190 valence electrons. The average Bonchev–Trinajstić information content (AvgIpc) is 2.79. The molecule has 5 nitrogen and oxygen atoms in total. The highest BCUT2D eigenvalue weighted by atomic mass is 16.5. The fraction of sp³-hybridized carbons (Fsp3) is 0.893. The van der Waals surface area contributed by atoms with Crippen LogP contribution in [0.1, 0.15) is 129 Å². The minimum absolute atomic E-state index is 0.0715. The van der Waals surface area contributed by atoms with E-state index in [2.05, 4.69) is 6.92 Å². The van der Waals surface area contributed by atoms with Crippen LogP contribution >= 0.6 is 0 Å². The lowest BCUT2D eigenvalue weighted by atomic mass is 9.79. The van der Waals surface area contributed by atoms with E-state index in [0.717, 1.165) is 69.6 Å². The van der Waals surface area contributed by atoms with E-state index < -0.39 is 5.97 Å². The van der Waals surface area contributed by atoms with Crippen molar-refractivity contribution >= 4 is 17.7 Å². The molecule has 0 amide bonds. The van der Waals surface area contributed by atoms with Gasteiger partial charge in [0.05, 0.1) is 12.5 Å². The van der Waals surface area contributed by atoms with Crippen LogP contribution in [0.5, 0.6) is 0 Å². The molecule has 0 aromatic heterocycles. The van der Waals surface area contributed by atoms with Crippen LogP contribution in [0.15, 0.2) is 0 Å². The summed E-state index contributed by atoms with van der Waals surface area (Å²) in [6.07, 6.45) is 19.7. The summed E-state index contributed by atoms with van der Waals surface area (Å²) in [6.45, 7) is 4.08. The van der Waals surface area contributed by atoms with Crippen molar-refractivity contribution in [3.05, 3.63) is 0 Å². The van der Waals surface area contributed by atoms with Gasteiger partial charge in [-0.05, 0) is 76.5 Å². The maximum absolute atomic E-state index is 12.7. The molecular weight excluding hydrogens is 416 g/mol. The van der Waals surface area contributed by atoms with Gasteiger partial charge in [-0.1, -0.05) is 58.3 Å². The molecule has 2 saturated carbocycles. The van der Waals surface area contributed by atoms with Crippen molar-refractivity contribution in [1.82, 2.24) is 0 Å². The van der Waals surface area contributed by atoms with Gasteiger partial charge in [0.2, 0.25) is 0 Å². The molecule has 33 heavy (non-hydrogen) atoms. The van der Waals surface area contributed by atoms with Crippen molar-refractivity contribution in [2.24, 2.45) is 17.8 Å². The average molecular weight is 465 g/mol. The van der Waals surface area contributed by atoms with Crippen LogP contribution in [0, 0.1) is 17.8 Å². The van der Waals surface area contributed by atoms with E-state index in [1.165, 1.54) is 58.3 Å². The summed E-state index contributed by atoms with van der Waals surface area (Å²) >= 11 is 0. The predicted molar refractivity (Wildman–Crippen MR) is 131 cm³/mol. The van der Waals surface area contributed by atoms with Gasteiger partial charge in [-0.15, -0.1) is 0 Å². The summed E-state index contributed by atoms with van der Waals surface area (Å²) in [4.78, 5) is 34.8. The normalized spacial score (nSPS) is 25.4. The van der Waals surface area contributed by atoms with E-state index in [9.17, 15) is 14.4 Å². The van der Waals surface area contributed by atoms with Crippen LogP contribution in [0.25, 0.3) is 0 Å². The number of hydrogen-bond acceptors (Lipinski definition) is 5. The molecule has 2 fully saturated rings. The van der Waals surface area contributed by atoms with E-state index in [0.29, 0.717) is 6.61 Å². The Morgan fingerprint density at radius 2 is 1.30 bits per heavy atom. The van der Waals surface area contributed by atoms with Crippen LogP contribution < -0.4 is 0 Å². The molecule has 0 heterocycles. The molecule has 0 aromatic rings. The maximum atomic E-state index is 12.7. The smallest absolute Gasteiger partial charge is 0.313 e. The highest BCUT2D eigenvalue weighted by Crippen LogP contribution is 2.35. The lowest BCUT2D eigenvalue weighted by molar-refractivity contribution is -0.157. The van der Waals surface area contributed by atoms with Gasteiger partial charge in [0, 0.05) is 0 Å². The number of Topliss-reactive ketones (excluding diaryl/α,β-unsaturated/α-hetero) is 1. The molecule has 5 heteroatoms. The zero-order valence-electron chi connectivity index (χ0n) is 21.3. The van der Waals surface area contributed by atoms with Crippen LogP contribution in [-0.2, 0) is 23.9 Å². The molecule has 0 radical (unpaired) electrons. The summed E-state index contributed by atoms with van der Waals surface area (Å²) in [5.74, 6) is 1.22. The summed E-state index contributed by atoms with van der Waals surface area (Å²) in [5.41, 5.74) is 0. The Hall–Kier alpha value is -1.39. The third-order valence-electron chi connectivity index (χ3n) is 7.64. The SMILES string of the molecule is CCCCCC1CCC(OC(=O)C2CCC(CCCCCCOC(=O)CC(C)=O)CC2)CC1. The Morgan fingerprint density at radius 3 is 1.91 bits per heavy atom. The van der Waals surface area contributed by atoms with E-state index >= 15 is 0 Å².